The number of hydrogen-bond donors (Lipinski definition) is 2. The van der Waals surface area contributed by atoms with Gasteiger partial charge in [-0.25, -0.2) is 14.7 Å². The van der Waals surface area contributed by atoms with Gasteiger partial charge in [0.1, 0.15) is 6.61 Å². The highest BCUT2D eigenvalue weighted by Gasteiger charge is 2.28. The van der Waals surface area contributed by atoms with E-state index < -0.39 is 24.6 Å². The molecule has 0 saturated heterocycles. The Morgan fingerprint density at radius 1 is 1.00 bits per heavy atom. The zero-order valence-electron chi connectivity index (χ0n) is 17.8. The van der Waals surface area contributed by atoms with E-state index in [4.69, 9.17) is 19.4 Å². The van der Waals surface area contributed by atoms with E-state index in [1.54, 1.807) is 0 Å². The Labute approximate surface area is 185 Å². The highest BCUT2D eigenvalue weighted by atomic mass is 16.7. The molecular formula is C23H26N2O7. The molecule has 0 atom stereocenters. The second-order valence-corrected chi connectivity index (χ2v) is 7.17. The van der Waals surface area contributed by atoms with Crippen molar-refractivity contribution in [1.82, 2.24) is 10.4 Å². The lowest BCUT2D eigenvalue weighted by atomic mass is 9.98. The predicted octanol–water partition coefficient (Wildman–Crippen LogP) is 2.41. The van der Waals surface area contributed by atoms with E-state index >= 15 is 0 Å². The van der Waals surface area contributed by atoms with E-state index in [-0.39, 0.29) is 38.7 Å². The van der Waals surface area contributed by atoms with Crippen LogP contribution in [0, 0.1) is 0 Å². The highest BCUT2D eigenvalue weighted by molar-refractivity contribution is 5.79. The third kappa shape index (κ3) is 6.05. The molecule has 9 nitrogen and oxygen atoms in total. The van der Waals surface area contributed by atoms with Crippen molar-refractivity contribution < 1.29 is 33.8 Å². The molecule has 1 aliphatic carbocycles. The molecule has 3 rings (SSSR count). The van der Waals surface area contributed by atoms with Gasteiger partial charge in [-0.05, 0) is 22.3 Å². The van der Waals surface area contributed by atoms with Crippen LogP contribution >= 0.6 is 0 Å². The van der Waals surface area contributed by atoms with Gasteiger partial charge in [-0.15, -0.1) is 0 Å². The lowest BCUT2D eigenvalue weighted by Gasteiger charge is -2.15. The average Bonchev–Trinajstić information content (AvgIpc) is 3.12. The molecule has 1 aliphatic rings. The maximum atomic E-state index is 12.1. The van der Waals surface area contributed by atoms with Crippen LogP contribution in [-0.2, 0) is 23.9 Å². The van der Waals surface area contributed by atoms with Crippen LogP contribution in [0.15, 0.2) is 48.5 Å². The number of ether oxygens (including phenoxy) is 2. The summed E-state index contributed by atoms with van der Waals surface area (Å²) in [6.07, 6.45) is -0.505. The normalized spacial score (nSPS) is 12.0. The molecule has 2 aromatic carbocycles. The molecule has 0 fully saturated rings. The maximum absolute atomic E-state index is 12.1. The highest BCUT2D eigenvalue weighted by Crippen LogP contribution is 2.44. The molecule has 0 aromatic heterocycles. The van der Waals surface area contributed by atoms with E-state index in [1.807, 2.05) is 24.3 Å². The van der Waals surface area contributed by atoms with Gasteiger partial charge in [0.25, 0.3) is 0 Å². The quantitative estimate of drug-likeness (QED) is 0.406. The molecule has 0 saturated carbocycles. The van der Waals surface area contributed by atoms with Gasteiger partial charge in [0.2, 0.25) is 5.91 Å². The standard InChI is InChI=1S/C23H26N2O7/c1-25(32-15-22(27)28)21(26)10-12-30-13-11-24-23(29)31-14-20-18-8-4-2-6-16(18)17-7-3-5-9-19(17)20/h2-9,20H,10-15H2,1H3,(H,24,29)(H,27,28). The summed E-state index contributed by atoms with van der Waals surface area (Å²) in [5, 5.41) is 12.0. The van der Waals surface area contributed by atoms with Crippen LogP contribution in [0.4, 0.5) is 4.79 Å². The first kappa shape index (κ1) is 23.2. The number of carboxylic acids is 1. The number of hydrogen-bond acceptors (Lipinski definition) is 6. The fraction of sp³-hybridized carbons (Fsp3) is 0.348. The average molecular weight is 442 g/mol. The minimum absolute atomic E-state index is 0.00394. The number of carboxylic acid groups (broad SMARTS) is 1. The number of nitrogens with zero attached hydrogens (tertiary/aromatic N) is 1. The number of carbonyl (C=O) groups is 3. The second-order valence-electron chi connectivity index (χ2n) is 7.17. The van der Waals surface area contributed by atoms with Crippen molar-refractivity contribution in [2.24, 2.45) is 0 Å². The lowest BCUT2D eigenvalue weighted by Crippen LogP contribution is -2.31. The Morgan fingerprint density at radius 2 is 1.62 bits per heavy atom. The van der Waals surface area contributed by atoms with Crippen LogP contribution in [0.1, 0.15) is 23.5 Å². The monoisotopic (exact) mass is 442 g/mol. The summed E-state index contributed by atoms with van der Waals surface area (Å²) in [5.41, 5.74) is 4.62. The minimum atomic E-state index is -1.17. The number of aliphatic carboxylic acids is 1. The smallest absolute Gasteiger partial charge is 0.407 e. The van der Waals surface area contributed by atoms with Crippen molar-refractivity contribution in [1.29, 1.82) is 0 Å². The Bertz CT molecular complexity index is 917. The molecule has 2 amide bonds. The molecule has 0 unspecified atom stereocenters. The first-order valence-electron chi connectivity index (χ1n) is 10.2. The number of hydroxylamine groups is 2. The van der Waals surface area contributed by atoms with Gasteiger partial charge in [0.15, 0.2) is 6.61 Å². The third-order valence-electron chi connectivity index (χ3n) is 5.05. The molecule has 0 bridgehead atoms. The maximum Gasteiger partial charge on any atom is 0.407 e. The Hall–Kier alpha value is -3.43. The Morgan fingerprint density at radius 3 is 2.25 bits per heavy atom. The summed E-state index contributed by atoms with van der Waals surface area (Å²) in [4.78, 5) is 38.9. The van der Waals surface area contributed by atoms with Gasteiger partial charge < -0.3 is 19.9 Å². The number of carbonyl (C=O) groups excluding carboxylic acids is 2. The van der Waals surface area contributed by atoms with Crippen LogP contribution in [0.5, 0.6) is 0 Å². The van der Waals surface area contributed by atoms with Crippen LogP contribution in [0.25, 0.3) is 11.1 Å². The molecule has 0 heterocycles. The Balaban J connectivity index is 1.34. The van der Waals surface area contributed by atoms with E-state index in [1.165, 1.54) is 18.2 Å². The number of benzene rings is 2. The summed E-state index contributed by atoms with van der Waals surface area (Å²) < 4.78 is 10.7. The molecule has 0 spiro atoms. The van der Waals surface area contributed by atoms with E-state index in [0.717, 1.165) is 16.2 Å². The fourth-order valence-electron chi connectivity index (χ4n) is 3.52. The molecule has 2 N–H and O–H groups in total. The largest absolute Gasteiger partial charge is 0.479 e. The van der Waals surface area contributed by atoms with Crippen LogP contribution < -0.4 is 5.32 Å². The number of rotatable bonds is 11. The first-order valence-corrected chi connectivity index (χ1v) is 10.2. The number of amides is 2. The first-order chi connectivity index (χ1) is 15.5. The SMILES string of the molecule is CN(OCC(=O)O)C(=O)CCOCCNC(=O)OCC1c2ccccc2-c2ccccc21. The van der Waals surface area contributed by atoms with E-state index in [2.05, 4.69) is 29.6 Å². The van der Waals surface area contributed by atoms with Gasteiger partial charge in [0.05, 0.1) is 19.6 Å². The van der Waals surface area contributed by atoms with Gasteiger partial charge in [0, 0.05) is 19.5 Å². The molecule has 9 heteroatoms. The van der Waals surface area contributed by atoms with Crippen molar-refractivity contribution in [3.05, 3.63) is 59.7 Å². The van der Waals surface area contributed by atoms with Crippen LogP contribution in [0.2, 0.25) is 0 Å². The minimum Gasteiger partial charge on any atom is -0.479 e. The van der Waals surface area contributed by atoms with Gasteiger partial charge in [-0.3, -0.25) is 9.63 Å². The fourth-order valence-corrected chi connectivity index (χ4v) is 3.52. The summed E-state index contributed by atoms with van der Waals surface area (Å²) in [6, 6.07) is 16.2. The molecule has 2 aromatic rings. The number of nitrogens with one attached hydrogen (secondary N) is 1. The molecule has 0 radical (unpaired) electrons. The summed E-state index contributed by atoms with van der Waals surface area (Å²) >= 11 is 0. The van der Waals surface area contributed by atoms with Crippen molar-refractivity contribution in [3.63, 3.8) is 0 Å². The summed E-state index contributed by atoms with van der Waals surface area (Å²) in [7, 11) is 1.34. The summed E-state index contributed by atoms with van der Waals surface area (Å²) in [5.74, 6) is -1.58. The molecule has 32 heavy (non-hydrogen) atoms. The van der Waals surface area contributed by atoms with Crippen molar-refractivity contribution in [2.75, 3.05) is 40.0 Å². The second kappa shape index (κ2) is 11.3. The Kier molecular flexibility index (Phi) is 8.18. The van der Waals surface area contributed by atoms with Crippen LogP contribution in [-0.4, -0.2) is 68.2 Å². The van der Waals surface area contributed by atoms with Gasteiger partial charge in [-0.2, -0.15) is 0 Å². The van der Waals surface area contributed by atoms with E-state index in [0.29, 0.717) is 0 Å². The molecular weight excluding hydrogens is 416 g/mol. The van der Waals surface area contributed by atoms with Crippen molar-refractivity contribution in [3.8, 4) is 11.1 Å². The van der Waals surface area contributed by atoms with Gasteiger partial charge >= 0.3 is 12.1 Å². The molecule has 0 aliphatic heterocycles. The van der Waals surface area contributed by atoms with Crippen molar-refractivity contribution in [2.45, 2.75) is 12.3 Å². The van der Waals surface area contributed by atoms with Gasteiger partial charge in [-0.1, -0.05) is 48.5 Å². The lowest BCUT2D eigenvalue weighted by molar-refractivity contribution is -0.186. The summed E-state index contributed by atoms with van der Waals surface area (Å²) in [6.45, 7) is 0.199. The third-order valence-corrected chi connectivity index (χ3v) is 5.05. The molecule has 170 valence electrons. The topological polar surface area (TPSA) is 114 Å². The zero-order valence-corrected chi connectivity index (χ0v) is 17.8. The van der Waals surface area contributed by atoms with Crippen molar-refractivity contribution >= 4 is 18.0 Å². The number of alkyl carbamates (subject to hydrolysis) is 1. The van der Waals surface area contributed by atoms with Crippen LogP contribution in [0.3, 0.4) is 0 Å². The predicted molar refractivity (Wildman–Crippen MR) is 115 cm³/mol. The zero-order chi connectivity index (χ0) is 22.9. The van der Waals surface area contributed by atoms with E-state index in [9.17, 15) is 14.4 Å². The number of fused-ring (bicyclic) bond motifs is 3.